The highest BCUT2D eigenvalue weighted by Crippen LogP contribution is 2.28. The lowest BCUT2D eigenvalue weighted by Gasteiger charge is -2.30. The zero-order valence-electron chi connectivity index (χ0n) is 21.3. The summed E-state index contributed by atoms with van der Waals surface area (Å²) in [6, 6.07) is 7.56. The summed E-state index contributed by atoms with van der Waals surface area (Å²) in [4.78, 5) is 27.3. The van der Waals surface area contributed by atoms with Crippen LogP contribution in [0.1, 0.15) is 72.2 Å². The van der Waals surface area contributed by atoms with Crippen molar-refractivity contribution in [1.29, 1.82) is 0 Å². The third-order valence-corrected chi connectivity index (χ3v) is 5.23. The highest BCUT2D eigenvalue weighted by molar-refractivity contribution is 5.94. The predicted molar refractivity (Wildman–Crippen MR) is 130 cm³/mol. The molecule has 0 aliphatic heterocycles. The summed E-state index contributed by atoms with van der Waals surface area (Å²) >= 11 is 0. The van der Waals surface area contributed by atoms with Crippen LogP contribution >= 0.6 is 0 Å². The second-order valence-corrected chi connectivity index (χ2v) is 10.7. The summed E-state index contributed by atoms with van der Waals surface area (Å²) < 4.78 is 1.79. The Balaban J connectivity index is 2.36. The van der Waals surface area contributed by atoms with Crippen LogP contribution in [0.25, 0.3) is 5.69 Å². The number of nitrogens with zero attached hydrogens (tertiary/aromatic N) is 3. The predicted octanol–water partition coefficient (Wildman–Crippen LogP) is 4.94. The fourth-order valence-corrected chi connectivity index (χ4v) is 3.20. The zero-order chi connectivity index (χ0) is 24.4. The highest BCUT2D eigenvalue weighted by atomic mass is 16.2. The lowest BCUT2D eigenvalue weighted by Crippen LogP contribution is -2.52. The Morgan fingerprint density at radius 2 is 1.72 bits per heavy atom. The molecule has 0 unspecified atom stereocenters. The Hall–Kier alpha value is -2.83. The molecule has 2 N–H and O–H groups in total. The van der Waals surface area contributed by atoms with Crippen LogP contribution < -0.4 is 10.6 Å². The number of benzene rings is 1. The van der Waals surface area contributed by atoms with Gasteiger partial charge >= 0.3 is 6.03 Å². The molecule has 0 radical (unpaired) electrons. The summed E-state index contributed by atoms with van der Waals surface area (Å²) in [6.45, 7) is 19.9. The number of carbonyl (C=O) groups is 2. The van der Waals surface area contributed by atoms with Gasteiger partial charge in [-0.3, -0.25) is 4.79 Å². The molecule has 7 nitrogen and oxygen atoms in total. The first-order valence-electron chi connectivity index (χ1n) is 11.2. The van der Waals surface area contributed by atoms with Crippen LogP contribution in [0.5, 0.6) is 0 Å². The normalized spacial score (nSPS) is 12.1. The first-order chi connectivity index (χ1) is 14.6. The van der Waals surface area contributed by atoms with Crippen molar-refractivity contribution in [3.63, 3.8) is 0 Å². The van der Waals surface area contributed by atoms with E-state index in [2.05, 4.69) is 44.4 Å². The Bertz CT molecular complexity index is 977. The van der Waals surface area contributed by atoms with E-state index in [1.807, 2.05) is 59.7 Å². The molecule has 1 aromatic heterocycles. The smallest absolute Gasteiger partial charge is 0.318 e. The number of urea groups is 1. The van der Waals surface area contributed by atoms with E-state index in [1.165, 1.54) is 4.90 Å². The van der Waals surface area contributed by atoms with Crippen LogP contribution in [0.15, 0.2) is 24.3 Å². The van der Waals surface area contributed by atoms with Crippen LogP contribution in [0.4, 0.5) is 10.6 Å². The molecule has 1 heterocycles. The van der Waals surface area contributed by atoms with Crippen LogP contribution in [0.2, 0.25) is 0 Å². The third kappa shape index (κ3) is 6.34. The number of rotatable bonds is 5. The van der Waals surface area contributed by atoms with E-state index in [0.717, 1.165) is 22.5 Å². The molecule has 0 bridgehead atoms. The molecule has 1 aromatic carbocycles. The highest BCUT2D eigenvalue weighted by Gasteiger charge is 2.26. The number of hydrogen-bond donors (Lipinski definition) is 2. The van der Waals surface area contributed by atoms with Crippen molar-refractivity contribution in [3.05, 3.63) is 41.1 Å². The summed E-state index contributed by atoms with van der Waals surface area (Å²) in [6.07, 6.45) is 0. The molecule has 7 heteroatoms. The summed E-state index contributed by atoms with van der Waals surface area (Å²) in [5.74, 6) is 0.322. The van der Waals surface area contributed by atoms with Gasteiger partial charge in [-0.2, -0.15) is 5.10 Å². The van der Waals surface area contributed by atoms with Crippen molar-refractivity contribution >= 4 is 17.8 Å². The topological polar surface area (TPSA) is 79.3 Å². The van der Waals surface area contributed by atoms with Gasteiger partial charge in [0.05, 0.1) is 11.4 Å². The molecule has 0 spiro atoms. The molecule has 3 amide bonds. The number of amides is 3. The molecule has 176 valence electrons. The number of aryl methyl sites for hydroxylation is 1. The fraction of sp³-hybridized carbons (Fsp3) is 0.560. The van der Waals surface area contributed by atoms with E-state index in [0.29, 0.717) is 5.82 Å². The second kappa shape index (κ2) is 9.35. The Morgan fingerprint density at radius 1 is 1.09 bits per heavy atom. The van der Waals surface area contributed by atoms with Gasteiger partial charge in [-0.05, 0) is 65.7 Å². The van der Waals surface area contributed by atoms with Gasteiger partial charge in [0.15, 0.2) is 0 Å². The first-order valence-corrected chi connectivity index (χ1v) is 11.2. The van der Waals surface area contributed by atoms with Gasteiger partial charge in [0.1, 0.15) is 12.4 Å². The average molecular weight is 442 g/mol. The van der Waals surface area contributed by atoms with Crippen molar-refractivity contribution < 1.29 is 9.59 Å². The summed E-state index contributed by atoms with van der Waals surface area (Å²) in [5, 5.41) is 10.7. The molecular formula is C25H39N5O2. The monoisotopic (exact) mass is 441 g/mol. The van der Waals surface area contributed by atoms with Gasteiger partial charge in [-0.25, -0.2) is 9.48 Å². The molecule has 2 aromatic rings. The van der Waals surface area contributed by atoms with Gasteiger partial charge in [0.25, 0.3) is 0 Å². The quantitative estimate of drug-likeness (QED) is 0.689. The standard InChI is InChI=1S/C25H39N5O2/c1-16(2)29(23(32)27-25(8,9)10)15-22(31)26-21-14-20(24(5,6)7)28-30(21)19-13-11-12-17(3)18(19)4/h11-14,16H,15H2,1-10H3,(H,26,31)(H,27,32). The van der Waals surface area contributed by atoms with Crippen molar-refractivity contribution in [2.75, 3.05) is 11.9 Å². The first kappa shape index (κ1) is 25.4. The fourth-order valence-electron chi connectivity index (χ4n) is 3.20. The van der Waals surface area contributed by atoms with Crippen LogP contribution in [0, 0.1) is 13.8 Å². The molecular weight excluding hydrogens is 402 g/mol. The molecule has 0 saturated carbocycles. The Morgan fingerprint density at radius 3 is 2.25 bits per heavy atom. The maximum Gasteiger partial charge on any atom is 0.318 e. The minimum absolute atomic E-state index is 0.0532. The largest absolute Gasteiger partial charge is 0.333 e. The van der Waals surface area contributed by atoms with Crippen molar-refractivity contribution in [1.82, 2.24) is 20.0 Å². The number of hydrogen-bond acceptors (Lipinski definition) is 3. The van der Waals surface area contributed by atoms with Crippen molar-refractivity contribution in [2.45, 2.75) is 86.2 Å². The molecule has 0 aliphatic rings. The number of carbonyl (C=O) groups excluding carboxylic acids is 2. The minimum Gasteiger partial charge on any atom is -0.333 e. The van der Waals surface area contributed by atoms with Gasteiger partial charge in [0, 0.05) is 23.1 Å². The Labute approximate surface area is 192 Å². The maximum atomic E-state index is 13.0. The van der Waals surface area contributed by atoms with E-state index >= 15 is 0 Å². The Kier molecular flexibility index (Phi) is 7.43. The summed E-state index contributed by atoms with van der Waals surface area (Å²) in [5.41, 5.74) is 3.47. The average Bonchev–Trinajstić information content (AvgIpc) is 3.04. The van der Waals surface area contributed by atoms with E-state index in [1.54, 1.807) is 4.68 Å². The van der Waals surface area contributed by atoms with E-state index in [-0.39, 0.29) is 35.5 Å². The molecule has 2 rings (SSSR count). The van der Waals surface area contributed by atoms with Crippen LogP contribution in [-0.4, -0.2) is 44.7 Å². The maximum absolute atomic E-state index is 13.0. The number of aromatic nitrogens is 2. The minimum atomic E-state index is -0.385. The van der Waals surface area contributed by atoms with Crippen molar-refractivity contribution in [3.8, 4) is 5.69 Å². The SMILES string of the molecule is Cc1cccc(-n2nc(C(C)(C)C)cc2NC(=O)CN(C(=O)NC(C)(C)C)C(C)C)c1C. The molecule has 0 fully saturated rings. The van der Waals surface area contributed by atoms with Gasteiger partial charge in [-0.1, -0.05) is 32.9 Å². The molecule has 32 heavy (non-hydrogen) atoms. The zero-order valence-corrected chi connectivity index (χ0v) is 21.3. The van der Waals surface area contributed by atoms with Crippen molar-refractivity contribution in [2.24, 2.45) is 0 Å². The lowest BCUT2D eigenvalue weighted by atomic mass is 9.92. The summed E-state index contributed by atoms with van der Waals surface area (Å²) in [7, 11) is 0. The second-order valence-electron chi connectivity index (χ2n) is 10.7. The van der Waals surface area contributed by atoms with E-state index < -0.39 is 0 Å². The lowest BCUT2D eigenvalue weighted by molar-refractivity contribution is -0.117. The van der Waals surface area contributed by atoms with Crippen LogP contribution in [-0.2, 0) is 10.2 Å². The van der Waals surface area contributed by atoms with Gasteiger partial charge in [-0.15, -0.1) is 0 Å². The molecule has 0 aliphatic carbocycles. The number of nitrogens with one attached hydrogen (secondary N) is 2. The molecule has 0 saturated heterocycles. The van der Waals surface area contributed by atoms with Gasteiger partial charge < -0.3 is 15.5 Å². The molecule has 0 atom stereocenters. The van der Waals surface area contributed by atoms with E-state index in [4.69, 9.17) is 5.10 Å². The van der Waals surface area contributed by atoms with Crippen LogP contribution in [0.3, 0.4) is 0 Å². The van der Waals surface area contributed by atoms with Gasteiger partial charge in [0.2, 0.25) is 5.91 Å². The number of anilines is 1. The third-order valence-electron chi connectivity index (χ3n) is 5.23. The van der Waals surface area contributed by atoms with E-state index in [9.17, 15) is 9.59 Å².